The van der Waals surface area contributed by atoms with Crippen LogP contribution in [0.2, 0.25) is 0 Å². The normalized spacial score (nSPS) is 15.3. The molecule has 1 unspecified atom stereocenters. The summed E-state index contributed by atoms with van der Waals surface area (Å²) >= 11 is 0. The van der Waals surface area contributed by atoms with Gasteiger partial charge in [-0.05, 0) is 36.2 Å². The molecule has 4 rings (SSSR count). The molecular formula is C24H25F4N5O5. The third-order valence-electron chi connectivity index (χ3n) is 5.12. The van der Waals surface area contributed by atoms with Gasteiger partial charge < -0.3 is 24.8 Å². The van der Waals surface area contributed by atoms with Crippen LogP contribution in [0.3, 0.4) is 0 Å². The second-order valence-corrected chi connectivity index (χ2v) is 8.21. The van der Waals surface area contributed by atoms with Crippen LogP contribution in [0.5, 0.6) is 5.88 Å². The Morgan fingerprint density at radius 1 is 1.24 bits per heavy atom. The number of hydrogen-bond donors (Lipinski definition) is 2. The highest BCUT2D eigenvalue weighted by molar-refractivity contribution is 5.89. The van der Waals surface area contributed by atoms with Crippen LogP contribution in [0.25, 0.3) is 0 Å². The fourth-order valence-electron chi connectivity index (χ4n) is 3.26. The van der Waals surface area contributed by atoms with Crippen molar-refractivity contribution in [2.24, 2.45) is 0 Å². The average Bonchev–Trinajstić information content (AvgIpc) is 3.31. The first-order valence-corrected chi connectivity index (χ1v) is 11.3. The Kier molecular flexibility index (Phi) is 9.60. The van der Waals surface area contributed by atoms with E-state index in [1.165, 1.54) is 12.1 Å². The summed E-state index contributed by atoms with van der Waals surface area (Å²) < 4.78 is 57.9. The number of nitrogens with one attached hydrogen (secondary N) is 1. The molecule has 1 aliphatic rings. The number of nitrogens with zero attached hydrogens (tertiary/aromatic N) is 4. The summed E-state index contributed by atoms with van der Waals surface area (Å²) in [6.45, 7) is 4.12. The van der Waals surface area contributed by atoms with E-state index >= 15 is 0 Å². The summed E-state index contributed by atoms with van der Waals surface area (Å²) in [6.07, 6.45) is -0.289. The number of carbonyl (C=O) groups excluding carboxylic acids is 1. The number of halogens is 4. The smallest absolute Gasteiger partial charge is 0.475 e. The first kappa shape index (κ1) is 28.4. The SMILES string of the molecule is Cc1ccnc(OCC2CN(C(=O)Nc3cnn(Cc4ccc(F)cc4)c3)CCO2)c1.O=C(O)C(F)(F)F. The summed E-state index contributed by atoms with van der Waals surface area (Å²) in [7, 11) is 0. The van der Waals surface area contributed by atoms with Crippen LogP contribution in [0.4, 0.5) is 28.0 Å². The van der Waals surface area contributed by atoms with Gasteiger partial charge in [0.2, 0.25) is 5.88 Å². The number of benzene rings is 1. The monoisotopic (exact) mass is 539 g/mol. The van der Waals surface area contributed by atoms with E-state index in [1.54, 1.807) is 40.3 Å². The Bertz CT molecular complexity index is 1220. The predicted molar refractivity (Wildman–Crippen MR) is 126 cm³/mol. The molecule has 10 nitrogen and oxygen atoms in total. The van der Waals surface area contributed by atoms with E-state index in [-0.39, 0.29) is 18.0 Å². The number of urea groups is 1. The van der Waals surface area contributed by atoms with Crippen molar-refractivity contribution in [3.05, 3.63) is 71.9 Å². The number of carboxylic acids is 1. The molecule has 0 bridgehead atoms. The number of aliphatic carboxylic acids is 1. The van der Waals surface area contributed by atoms with Gasteiger partial charge in [0.25, 0.3) is 0 Å². The number of carboxylic acid groups (broad SMARTS) is 1. The number of rotatable bonds is 6. The van der Waals surface area contributed by atoms with E-state index in [9.17, 15) is 22.4 Å². The lowest BCUT2D eigenvalue weighted by atomic mass is 10.2. The van der Waals surface area contributed by atoms with Gasteiger partial charge in [-0.15, -0.1) is 0 Å². The van der Waals surface area contributed by atoms with Crippen LogP contribution >= 0.6 is 0 Å². The molecule has 0 saturated carbocycles. The molecule has 1 aromatic carbocycles. The van der Waals surface area contributed by atoms with Crippen molar-refractivity contribution < 1.29 is 41.7 Å². The summed E-state index contributed by atoms with van der Waals surface area (Å²) in [4.78, 5) is 27.4. The van der Waals surface area contributed by atoms with E-state index in [4.69, 9.17) is 19.4 Å². The average molecular weight is 539 g/mol. The number of aromatic nitrogens is 3. The molecule has 204 valence electrons. The molecule has 1 aliphatic heterocycles. The quantitative estimate of drug-likeness (QED) is 0.459. The topological polar surface area (TPSA) is 119 Å². The van der Waals surface area contributed by atoms with Gasteiger partial charge in [-0.3, -0.25) is 4.68 Å². The number of hydrogen-bond acceptors (Lipinski definition) is 6. The molecule has 0 radical (unpaired) electrons. The molecule has 3 aromatic rings. The van der Waals surface area contributed by atoms with Gasteiger partial charge in [-0.1, -0.05) is 12.1 Å². The van der Waals surface area contributed by atoms with Crippen LogP contribution in [0.15, 0.2) is 55.0 Å². The second kappa shape index (κ2) is 12.9. The van der Waals surface area contributed by atoms with Crippen molar-refractivity contribution >= 4 is 17.7 Å². The molecule has 0 aliphatic carbocycles. The molecule has 2 N–H and O–H groups in total. The van der Waals surface area contributed by atoms with Gasteiger partial charge >= 0.3 is 18.2 Å². The first-order chi connectivity index (χ1) is 18.0. The molecule has 0 spiro atoms. The molecule has 3 heterocycles. The van der Waals surface area contributed by atoms with E-state index in [0.717, 1.165) is 11.1 Å². The maximum absolute atomic E-state index is 13.0. The number of ether oxygens (including phenoxy) is 2. The van der Waals surface area contributed by atoms with Crippen LogP contribution < -0.4 is 10.1 Å². The molecule has 38 heavy (non-hydrogen) atoms. The Morgan fingerprint density at radius 3 is 2.61 bits per heavy atom. The summed E-state index contributed by atoms with van der Waals surface area (Å²) in [5.41, 5.74) is 2.58. The van der Waals surface area contributed by atoms with Crippen LogP contribution in [-0.2, 0) is 16.1 Å². The van der Waals surface area contributed by atoms with Gasteiger partial charge in [0, 0.05) is 25.0 Å². The number of alkyl halides is 3. The van der Waals surface area contributed by atoms with Crippen LogP contribution in [0, 0.1) is 12.7 Å². The number of amides is 2. The second-order valence-electron chi connectivity index (χ2n) is 8.21. The lowest BCUT2D eigenvalue weighted by Crippen LogP contribution is -2.49. The van der Waals surface area contributed by atoms with Crippen molar-refractivity contribution in [1.29, 1.82) is 0 Å². The van der Waals surface area contributed by atoms with Crippen molar-refractivity contribution in [3.63, 3.8) is 0 Å². The third-order valence-corrected chi connectivity index (χ3v) is 5.12. The lowest BCUT2D eigenvalue weighted by molar-refractivity contribution is -0.192. The van der Waals surface area contributed by atoms with E-state index in [2.05, 4.69) is 15.4 Å². The van der Waals surface area contributed by atoms with E-state index < -0.39 is 12.1 Å². The summed E-state index contributed by atoms with van der Waals surface area (Å²) in [5.74, 6) is -2.49. The van der Waals surface area contributed by atoms with E-state index in [1.807, 2.05) is 19.1 Å². The van der Waals surface area contributed by atoms with Crippen molar-refractivity contribution in [2.75, 3.05) is 31.6 Å². The summed E-state index contributed by atoms with van der Waals surface area (Å²) in [5, 5.41) is 14.2. The van der Waals surface area contributed by atoms with Crippen molar-refractivity contribution in [2.45, 2.75) is 25.7 Å². The minimum Gasteiger partial charge on any atom is -0.475 e. The van der Waals surface area contributed by atoms with Crippen molar-refractivity contribution in [3.8, 4) is 5.88 Å². The van der Waals surface area contributed by atoms with Crippen molar-refractivity contribution in [1.82, 2.24) is 19.7 Å². The first-order valence-electron chi connectivity index (χ1n) is 11.3. The largest absolute Gasteiger partial charge is 0.490 e. The molecule has 14 heteroatoms. The zero-order valence-electron chi connectivity index (χ0n) is 20.2. The van der Waals surface area contributed by atoms with Gasteiger partial charge in [0.1, 0.15) is 18.5 Å². The number of aryl methyl sites for hydroxylation is 1. The molecule has 2 amide bonds. The summed E-state index contributed by atoms with van der Waals surface area (Å²) in [6, 6.07) is 9.77. The Balaban J connectivity index is 0.000000505. The molecule has 2 aromatic heterocycles. The third kappa shape index (κ3) is 9.03. The number of pyridine rings is 1. The molecular weight excluding hydrogens is 514 g/mol. The zero-order chi connectivity index (χ0) is 27.7. The maximum Gasteiger partial charge on any atom is 0.490 e. The Labute approximate surface area is 214 Å². The van der Waals surface area contributed by atoms with E-state index in [0.29, 0.717) is 44.4 Å². The fourth-order valence-corrected chi connectivity index (χ4v) is 3.26. The van der Waals surface area contributed by atoms with Crippen LogP contribution in [0.1, 0.15) is 11.1 Å². The fraction of sp³-hybridized carbons (Fsp3) is 0.333. The highest BCUT2D eigenvalue weighted by Crippen LogP contribution is 2.14. The molecule has 1 fully saturated rings. The van der Waals surface area contributed by atoms with Crippen LogP contribution in [-0.4, -0.2) is 75.4 Å². The number of anilines is 1. The number of carbonyl (C=O) groups is 2. The number of morpholine rings is 1. The predicted octanol–water partition coefficient (Wildman–Crippen LogP) is 3.72. The molecule has 1 atom stereocenters. The maximum atomic E-state index is 13.0. The van der Waals surface area contributed by atoms with Gasteiger partial charge in [-0.25, -0.2) is 19.0 Å². The minimum atomic E-state index is -5.08. The Hall–Kier alpha value is -4.20. The Morgan fingerprint density at radius 2 is 1.95 bits per heavy atom. The highest BCUT2D eigenvalue weighted by atomic mass is 19.4. The zero-order valence-corrected chi connectivity index (χ0v) is 20.2. The van der Waals surface area contributed by atoms with Gasteiger partial charge in [0.05, 0.1) is 31.6 Å². The standard InChI is InChI=1S/C22H24FN5O3.C2HF3O2/c1-16-6-7-24-21(10-16)31-15-20-14-27(8-9-30-20)22(29)26-19-11-25-28(13-19)12-17-2-4-18(23)5-3-17;3-2(4,5)1(6)7/h2-7,10-11,13,20H,8-9,12,14-15H2,1H3,(H,26,29);(H,6,7). The highest BCUT2D eigenvalue weighted by Gasteiger charge is 2.38. The van der Waals surface area contributed by atoms with Gasteiger partial charge in [-0.2, -0.15) is 18.3 Å². The lowest BCUT2D eigenvalue weighted by Gasteiger charge is -2.32. The molecule has 1 saturated heterocycles. The van der Waals surface area contributed by atoms with Gasteiger partial charge in [0.15, 0.2) is 0 Å². The minimum absolute atomic E-state index is 0.219.